The predicted molar refractivity (Wildman–Crippen MR) is 80.0 cm³/mol. The molecule has 0 saturated heterocycles. The minimum absolute atomic E-state index is 0.126. The van der Waals surface area contributed by atoms with E-state index in [1.54, 1.807) is 18.3 Å². The molecule has 0 aliphatic rings. The first kappa shape index (κ1) is 14.2. The van der Waals surface area contributed by atoms with E-state index in [0.717, 1.165) is 14.6 Å². The zero-order valence-electron chi connectivity index (χ0n) is 11.2. The van der Waals surface area contributed by atoms with Crippen LogP contribution in [0, 0.1) is 13.8 Å². The van der Waals surface area contributed by atoms with Crippen molar-refractivity contribution in [2.45, 2.75) is 26.4 Å². The Kier molecular flexibility index (Phi) is 4.08. The first-order valence-corrected chi connectivity index (χ1v) is 7.71. The van der Waals surface area contributed by atoms with Gasteiger partial charge in [-0.3, -0.25) is 4.79 Å². The number of aryl methyl sites for hydroxylation is 2. The van der Waals surface area contributed by atoms with Crippen LogP contribution < -0.4 is 5.32 Å². The summed E-state index contributed by atoms with van der Waals surface area (Å²) in [6.07, 6.45) is 0. The Morgan fingerprint density at radius 1 is 1.47 bits per heavy atom. The molecular weight excluding hydrogens is 278 g/mol. The number of amides is 1. The maximum atomic E-state index is 12.1. The van der Waals surface area contributed by atoms with Crippen LogP contribution in [0.3, 0.4) is 0 Å². The van der Waals surface area contributed by atoms with Crippen LogP contribution in [0.5, 0.6) is 0 Å². The number of thiophene rings is 2. The minimum atomic E-state index is -1.03. The number of carbonyl (C=O) groups is 1. The summed E-state index contributed by atoms with van der Waals surface area (Å²) in [5.74, 6) is -0.126. The van der Waals surface area contributed by atoms with Gasteiger partial charge in [-0.2, -0.15) is 0 Å². The fourth-order valence-corrected chi connectivity index (χ4v) is 3.58. The Morgan fingerprint density at radius 3 is 2.74 bits per heavy atom. The van der Waals surface area contributed by atoms with Crippen molar-refractivity contribution in [3.05, 3.63) is 43.8 Å². The van der Waals surface area contributed by atoms with Gasteiger partial charge in [0.25, 0.3) is 5.91 Å². The average Bonchev–Trinajstić information content (AvgIpc) is 2.96. The number of nitrogens with one attached hydrogen (secondary N) is 1. The van der Waals surface area contributed by atoms with Gasteiger partial charge in [-0.05, 0) is 38.3 Å². The van der Waals surface area contributed by atoms with E-state index in [-0.39, 0.29) is 12.5 Å². The summed E-state index contributed by atoms with van der Waals surface area (Å²) in [5, 5.41) is 15.1. The van der Waals surface area contributed by atoms with Crippen LogP contribution in [0.1, 0.15) is 31.9 Å². The molecule has 0 radical (unpaired) electrons. The highest BCUT2D eigenvalue weighted by Gasteiger charge is 2.25. The van der Waals surface area contributed by atoms with E-state index in [1.807, 2.05) is 37.4 Å². The Hall–Kier alpha value is -1.17. The van der Waals surface area contributed by atoms with Crippen molar-refractivity contribution >= 4 is 28.6 Å². The average molecular weight is 295 g/mol. The maximum absolute atomic E-state index is 12.1. The minimum Gasteiger partial charge on any atom is -0.383 e. The second-order valence-corrected chi connectivity index (χ2v) is 7.17. The van der Waals surface area contributed by atoms with Crippen LogP contribution >= 0.6 is 22.7 Å². The molecule has 2 aromatic rings. The molecule has 19 heavy (non-hydrogen) atoms. The lowest BCUT2D eigenvalue weighted by Crippen LogP contribution is -2.38. The van der Waals surface area contributed by atoms with Gasteiger partial charge in [-0.1, -0.05) is 6.07 Å². The van der Waals surface area contributed by atoms with E-state index in [4.69, 9.17) is 0 Å². The molecule has 1 unspecified atom stereocenters. The van der Waals surface area contributed by atoms with E-state index < -0.39 is 5.60 Å². The Bertz CT molecular complexity index is 570. The zero-order chi connectivity index (χ0) is 14.0. The third-order valence-electron chi connectivity index (χ3n) is 2.93. The molecule has 2 rings (SSSR count). The van der Waals surface area contributed by atoms with Crippen molar-refractivity contribution in [3.63, 3.8) is 0 Å². The first-order valence-electron chi connectivity index (χ1n) is 6.02. The normalized spacial score (nSPS) is 14.1. The van der Waals surface area contributed by atoms with Crippen LogP contribution in [0.25, 0.3) is 0 Å². The Balaban J connectivity index is 2.03. The Labute approximate surface area is 120 Å². The summed E-state index contributed by atoms with van der Waals surface area (Å²) in [6, 6.07) is 5.65. The second kappa shape index (κ2) is 5.45. The predicted octanol–water partition coefficient (Wildman–Crippen LogP) is 3.06. The highest BCUT2D eigenvalue weighted by atomic mass is 32.1. The molecule has 0 spiro atoms. The largest absolute Gasteiger partial charge is 0.383 e. The maximum Gasteiger partial charge on any atom is 0.252 e. The highest BCUT2D eigenvalue weighted by molar-refractivity contribution is 7.12. The zero-order valence-corrected chi connectivity index (χ0v) is 12.8. The SMILES string of the molecule is Cc1cc(C(=O)NCC(C)(O)c2cccs2)c(C)s1. The topological polar surface area (TPSA) is 49.3 Å². The molecule has 5 heteroatoms. The van der Waals surface area contributed by atoms with Crippen LogP contribution in [-0.2, 0) is 5.60 Å². The van der Waals surface area contributed by atoms with Gasteiger partial charge >= 0.3 is 0 Å². The van der Waals surface area contributed by atoms with Gasteiger partial charge in [0.1, 0.15) is 5.60 Å². The van der Waals surface area contributed by atoms with Crippen molar-refractivity contribution in [2.75, 3.05) is 6.54 Å². The van der Waals surface area contributed by atoms with Crippen LogP contribution in [0.15, 0.2) is 23.6 Å². The van der Waals surface area contributed by atoms with Gasteiger partial charge in [-0.25, -0.2) is 0 Å². The van der Waals surface area contributed by atoms with Gasteiger partial charge in [0.15, 0.2) is 0 Å². The smallest absolute Gasteiger partial charge is 0.252 e. The number of aliphatic hydroxyl groups is 1. The van der Waals surface area contributed by atoms with Crippen molar-refractivity contribution in [1.82, 2.24) is 5.32 Å². The van der Waals surface area contributed by atoms with Gasteiger partial charge in [-0.15, -0.1) is 22.7 Å². The molecule has 2 heterocycles. The number of hydrogen-bond acceptors (Lipinski definition) is 4. The summed E-state index contributed by atoms with van der Waals surface area (Å²) < 4.78 is 0. The fourth-order valence-electron chi connectivity index (χ4n) is 1.88. The van der Waals surface area contributed by atoms with E-state index in [2.05, 4.69) is 5.32 Å². The molecule has 0 bridgehead atoms. The molecular formula is C14H17NO2S2. The van der Waals surface area contributed by atoms with Crippen molar-refractivity contribution in [3.8, 4) is 0 Å². The Morgan fingerprint density at radius 2 is 2.21 bits per heavy atom. The molecule has 102 valence electrons. The standard InChI is InChI=1S/C14H17NO2S2/c1-9-7-11(10(2)19-9)13(16)15-8-14(3,17)12-5-4-6-18-12/h4-7,17H,8H2,1-3H3,(H,15,16). The van der Waals surface area contributed by atoms with Crippen molar-refractivity contribution in [1.29, 1.82) is 0 Å². The molecule has 0 saturated carbocycles. The molecule has 0 fully saturated rings. The quantitative estimate of drug-likeness (QED) is 0.910. The van der Waals surface area contributed by atoms with Crippen LogP contribution in [-0.4, -0.2) is 17.6 Å². The fraction of sp³-hybridized carbons (Fsp3) is 0.357. The molecule has 2 N–H and O–H groups in total. The lowest BCUT2D eigenvalue weighted by Gasteiger charge is -2.22. The molecule has 2 aromatic heterocycles. The molecule has 0 aliphatic carbocycles. The molecule has 1 amide bonds. The highest BCUT2D eigenvalue weighted by Crippen LogP contribution is 2.25. The van der Waals surface area contributed by atoms with Gasteiger partial charge in [0, 0.05) is 14.6 Å². The van der Waals surface area contributed by atoms with E-state index in [0.29, 0.717) is 5.56 Å². The lowest BCUT2D eigenvalue weighted by atomic mass is 10.1. The lowest BCUT2D eigenvalue weighted by molar-refractivity contribution is 0.0556. The van der Waals surface area contributed by atoms with Gasteiger partial charge in [0.2, 0.25) is 0 Å². The molecule has 1 atom stereocenters. The summed E-state index contributed by atoms with van der Waals surface area (Å²) >= 11 is 3.09. The van der Waals surface area contributed by atoms with Crippen LogP contribution in [0.2, 0.25) is 0 Å². The van der Waals surface area contributed by atoms with E-state index in [1.165, 1.54) is 11.3 Å². The first-order chi connectivity index (χ1) is 8.90. The summed E-state index contributed by atoms with van der Waals surface area (Å²) in [4.78, 5) is 15.1. The van der Waals surface area contributed by atoms with Crippen LogP contribution in [0.4, 0.5) is 0 Å². The van der Waals surface area contributed by atoms with Crippen molar-refractivity contribution < 1.29 is 9.90 Å². The third-order valence-corrected chi connectivity index (χ3v) is 5.02. The molecule has 3 nitrogen and oxygen atoms in total. The second-order valence-electron chi connectivity index (χ2n) is 4.76. The molecule has 0 aliphatic heterocycles. The van der Waals surface area contributed by atoms with Crippen molar-refractivity contribution in [2.24, 2.45) is 0 Å². The monoisotopic (exact) mass is 295 g/mol. The third kappa shape index (κ3) is 3.23. The van der Waals surface area contributed by atoms with E-state index in [9.17, 15) is 9.90 Å². The number of carbonyl (C=O) groups excluding carboxylic acids is 1. The number of rotatable bonds is 4. The van der Waals surface area contributed by atoms with Gasteiger partial charge in [0.05, 0.1) is 12.1 Å². The number of hydrogen-bond donors (Lipinski definition) is 2. The molecule has 0 aromatic carbocycles. The van der Waals surface area contributed by atoms with Gasteiger partial charge < -0.3 is 10.4 Å². The summed E-state index contributed by atoms with van der Waals surface area (Å²) in [5.41, 5.74) is -0.326. The summed E-state index contributed by atoms with van der Waals surface area (Å²) in [7, 11) is 0. The van der Waals surface area contributed by atoms with E-state index >= 15 is 0 Å². The summed E-state index contributed by atoms with van der Waals surface area (Å²) in [6.45, 7) is 5.84.